The highest BCUT2D eigenvalue weighted by Crippen LogP contribution is 2.35. The van der Waals surface area contributed by atoms with Crippen molar-refractivity contribution in [3.63, 3.8) is 0 Å². The van der Waals surface area contributed by atoms with E-state index in [9.17, 15) is 4.79 Å². The molecule has 9 heteroatoms. The summed E-state index contributed by atoms with van der Waals surface area (Å²) in [6.07, 6.45) is 0.102. The van der Waals surface area contributed by atoms with Crippen LogP contribution in [0.25, 0.3) is 0 Å². The Morgan fingerprint density at radius 1 is 1.33 bits per heavy atom. The number of hydrogen-bond acceptors (Lipinski definition) is 6. The van der Waals surface area contributed by atoms with E-state index in [0.717, 1.165) is 6.42 Å². The normalized spacial score (nSPS) is 13.1. The minimum Gasteiger partial charge on any atom is -0.481 e. The molecule has 0 unspecified atom stereocenters. The zero-order valence-corrected chi connectivity index (χ0v) is 14.4. The van der Waals surface area contributed by atoms with Crippen LogP contribution in [0.3, 0.4) is 0 Å². The van der Waals surface area contributed by atoms with Crippen molar-refractivity contribution in [3.05, 3.63) is 18.2 Å². The summed E-state index contributed by atoms with van der Waals surface area (Å²) in [6.45, 7) is 3.12. The van der Waals surface area contributed by atoms with Crippen LogP contribution in [-0.2, 0) is 9.53 Å². The molecule has 2 rings (SSSR count). The van der Waals surface area contributed by atoms with E-state index in [0.29, 0.717) is 35.5 Å². The van der Waals surface area contributed by atoms with Gasteiger partial charge in [0.1, 0.15) is 5.75 Å². The molecule has 0 bridgehead atoms. The van der Waals surface area contributed by atoms with Gasteiger partial charge in [0.15, 0.2) is 22.7 Å². The number of thiocarbonyl (C=S) groups is 1. The largest absolute Gasteiger partial charge is 0.481 e. The molecule has 1 aliphatic heterocycles. The number of hydrazine groups is 1. The fourth-order valence-corrected chi connectivity index (χ4v) is 2.04. The quantitative estimate of drug-likeness (QED) is 0.374. The lowest BCUT2D eigenvalue weighted by molar-refractivity contribution is -0.127. The second kappa shape index (κ2) is 9.14. The molecule has 1 aromatic rings. The number of carbonyl (C=O) groups is 1. The van der Waals surface area contributed by atoms with Gasteiger partial charge in [-0.15, -0.1) is 0 Å². The van der Waals surface area contributed by atoms with Gasteiger partial charge in [-0.25, -0.2) is 0 Å². The molecular weight excluding hydrogens is 334 g/mol. The highest BCUT2D eigenvalue weighted by Gasteiger charge is 2.18. The average molecular weight is 355 g/mol. The summed E-state index contributed by atoms with van der Waals surface area (Å²) in [6, 6.07) is 5.13. The van der Waals surface area contributed by atoms with E-state index in [1.165, 1.54) is 0 Å². The van der Waals surface area contributed by atoms with Crippen molar-refractivity contribution < 1.29 is 23.7 Å². The predicted molar refractivity (Wildman–Crippen MR) is 91.0 cm³/mol. The van der Waals surface area contributed by atoms with Crippen LogP contribution in [0.15, 0.2) is 18.2 Å². The standard InChI is InChI=1S/C15H21N3O5S/c1-10(14(19)17-18-15(24)16-6-3-7-20-2)23-11-4-5-12-13(8-11)22-9-21-12/h4-5,8,10H,3,6-7,9H2,1-2H3,(H,17,19)(H2,16,18,24)/t10-/m0/s1. The monoisotopic (exact) mass is 355 g/mol. The molecule has 1 aromatic carbocycles. The Balaban J connectivity index is 1.71. The van der Waals surface area contributed by atoms with Crippen LogP contribution in [0.1, 0.15) is 13.3 Å². The first-order chi connectivity index (χ1) is 11.6. The first-order valence-corrected chi connectivity index (χ1v) is 7.90. The molecule has 0 aliphatic carbocycles. The average Bonchev–Trinajstić information content (AvgIpc) is 3.04. The molecule has 132 valence electrons. The summed E-state index contributed by atoms with van der Waals surface area (Å²) in [5.41, 5.74) is 5.11. The van der Waals surface area contributed by atoms with Crippen LogP contribution in [0.4, 0.5) is 0 Å². The van der Waals surface area contributed by atoms with Crippen LogP contribution in [0.5, 0.6) is 17.2 Å². The van der Waals surface area contributed by atoms with Gasteiger partial charge in [0.25, 0.3) is 5.91 Å². The van der Waals surface area contributed by atoms with Crippen molar-refractivity contribution in [2.24, 2.45) is 0 Å². The predicted octanol–water partition coefficient (Wildman–Crippen LogP) is 0.714. The molecule has 1 amide bonds. The fraction of sp³-hybridized carbons (Fsp3) is 0.467. The molecule has 24 heavy (non-hydrogen) atoms. The van der Waals surface area contributed by atoms with Crippen LogP contribution in [0.2, 0.25) is 0 Å². The minimum absolute atomic E-state index is 0.188. The Labute approximate surface area is 145 Å². The number of carbonyl (C=O) groups excluding carboxylic acids is 1. The van der Waals surface area contributed by atoms with Crippen LogP contribution in [-0.4, -0.2) is 44.2 Å². The van der Waals surface area contributed by atoms with Crippen molar-refractivity contribution in [1.82, 2.24) is 16.2 Å². The lowest BCUT2D eigenvalue weighted by Gasteiger charge is -2.16. The van der Waals surface area contributed by atoms with E-state index in [1.807, 2.05) is 0 Å². The number of amides is 1. The number of ether oxygens (including phenoxy) is 4. The van der Waals surface area contributed by atoms with Crippen LogP contribution in [0, 0.1) is 0 Å². The number of benzene rings is 1. The molecule has 0 fully saturated rings. The maximum Gasteiger partial charge on any atom is 0.279 e. The van der Waals surface area contributed by atoms with Crippen molar-refractivity contribution in [1.29, 1.82) is 0 Å². The Hall–Kier alpha value is -2.26. The third-order valence-electron chi connectivity index (χ3n) is 3.14. The van der Waals surface area contributed by atoms with Gasteiger partial charge in [0, 0.05) is 26.3 Å². The van der Waals surface area contributed by atoms with Crippen LogP contribution >= 0.6 is 12.2 Å². The third-order valence-corrected chi connectivity index (χ3v) is 3.38. The summed E-state index contributed by atoms with van der Waals surface area (Å²) >= 11 is 5.04. The van der Waals surface area contributed by atoms with E-state index in [2.05, 4.69) is 16.2 Å². The topological polar surface area (TPSA) is 90.1 Å². The highest BCUT2D eigenvalue weighted by atomic mass is 32.1. The van der Waals surface area contributed by atoms with Crippen molar-refractivity contribution in [2.45, 2.75) is 19.4 Å². The van der Waals surface area contributed by atoms with Crippen molar-refractivity contribution in [3.8, 4) is 17.2 Å². The first-order valence-electron chi connectivity index (χ1n) is 7.49. The second-order valence-corrected chi connectivity index (χ2v) is 5.40. The molecular formula is C15H21N3O5S. The molecule has 0 spiro atoms. The van der Waals surface area contributed by atoms with E-state index < -0.39 is 6.10 Å². The fourth-order valence-electron chi connectivity index (χ4n) is 1.89. The summed E-state index contributed by atoms with van der Waals surface area (Å²) in [5.74, 6) is 1.42. The first kappa shape index (κ1) is 18.1. The summed E-state index contributed by atoms with van der Waals surface area (Å²) in [5, 5.41) is 3.27. The zero-order valence-electron chi connectivity index (χ0n) is 13.6. The molecule has 1 heterocycles. The SMILES string of the molecule is COCCCNC(=S)NNC(=O)[C@H](C)Oc1ccc2c(c1)OCO2. The number of methoxy groups -OCH3 is 1. The van der Waals surface area contributed by atoms with Gasteiger partial charge in [-0.1, -0.05) is 0 Å². The summed E-state index contributed by atoms with van der Waals surface area (Å²) in [4.78, 5) is 12.0. The smallest absolute Gasteiger partial charge is 0.279 e. The van der Waals surface area contributed by atoms with Gasteiger partial charge < -0.3 is 24.3 Å². The number of fused-ring (bicyclic) bond motifs is 1. The Bertz CT molecular complexity index is 584. The number of rotatable bonds is 7. The second-order valence-electron chi connectivity index (χ2n) is 4.99. The number of nitrogens with one attached hydrogen (secondary N) is 3. The van der Waals surface area contributed by atoms with Gasteiger partial charge in [0.2, 0.25) is 6.79 Å². The molecule has 0 aromatic heterocycles. The van der Waals surface area contributed by atoms with Gasteiger partial charge in [-0.3, -0.25) is 15.6 Å². The van der Waals surface area contributed by atoms with Crippen LogP contribution < -0.4 is 30.4 Å². The highest BCUT2D eigenvalue weighted by molar-refractivity contribution is 7.80. The van der Waals surface area contributed by atoms with Crippen molar-refractivity contribution >= 4 is 23.2 Å². The summed E-state index contributed by atoms with van der Waals surface area (Å²) in [7, 11) is 1.64. The van der Waals surface area contributed by atoms with Gasteiger partial charge >= 0.3 is 0 Å². The van der Waals surface area contributed by atoms with E-state index in [1.54, 1.807) is 32.2 Å². The maximum atomic E-state index is 12.0. The summed E-state index contributed by atoms with van der Waals surface area (Å²) < 4.78 is 21.0. The molecule has 1 aliphatic rings. The van der Waals surface area contributed by atoms with E-state index in [4.69, 9.17) is 31.2 Å². The molecule has 0 radical (unpaired) electrons. The van der Waals surface area contributed by atoms with Gasteiger partial charge in [-0.2, -0.15) is 0 Å². The molecule has 0 saturated heterocycles. The minimum atomic E-state index is -0.714. The maximum absolute atomic E-state index is 12.0. The number of hydrogen-bond donors (Lipinski definition) is 3. The molecule has 8 nitrogen and oxygen atoms in total. The molecule has 0 saturated carbocycles. The lowest BCUT2D eigenvalue weighted by Crippen LogP contribution is -2.50. The Morgan fingerprint density at radius 2 is 2.12 bits per heavy atom. The van der Waals surface area contributed by atoms with Crippen molar-refractivity contribution in [2.75, 3.05) is 27.1 Å². The lowest BCUT2D eigenvalue weighted by atomic mass is 10.3. The molecule has 3 N–H and O–H groups in total. The van der Waals surface area contributed by atoms with E-state index >= 15 is 0 Å². The Morgan fingerprint density at radius 3 is 2.92 bits per heavy atom. The van der Waals surface area contributed by atoms with Gasteiger partial charge in [-0.05, 0) is 37.7 Å². The third kappa shape index (κ3) is 5.43. The van der Waals surface area contributed by atoms with Gasteiger partial charge in [0.05, 0.1) is 0 Å². The van der Waals surface area contributed by atoms with E-state index in [-0.39, 0.29) is 12.7 Å². The Kier molecular flexibility index (Phi) is 6.89. The molecule has 1 atom stereocenters. The zero-order chi connectivity index (χ0) is 17.4.